The molecule has 1 aromatic carbocycles. The molecule has 0 saturated carbocycles. The molecular weight excluding hydrogens is 376 g/mol. The van der Waals surface area contributed by atoms with E-state index >= 15 is 0 Å². The van der Waals surface area contributed by atoms with Gasteiger partial charge in [0, 0.05) is 25.2 Å². The minimum absolute atomic E-state index is 0.238. The molecule has 0 bridgehead atoms. The van der Waals surface area contributed by atoms with E-state index in [-0.39, 0.29) is 17.6 Å². The number of anilines is 1. The lowest BCUT2D eigenvalue weighted by molar-refractivity contribution is -0.152. The van der Waals surface area contributed by atoms with Crippen LogP contribution < -0.4 is 14.8 Å². The molecule has 0 unspecified atom stereocenters. The van der Waals surface area contributed by atoms with Gasteiger partial charge >= 0.3 is 17.8 Å². The number of benzene rings is 1. The van der Waals surface area contributed by atoms with Gasteiger partial charge < -0.3 is 24.4 Å². The smallest absolute Gasteiger partial charge is 0.314 e. The molecule has 1 N–H and O–H groups in total. The van der Waals surface area contributed by atoms with Crippen molar-refractivity contribution in [2.75, 3.05) is 39.2 Å². The summed E-state index contributed by atoms with van der Waals surface area (Å²) in [7, 11) is 2.87. The molecule has 1 fully saturated rings. The predicted molar refractivity (Wildman–Crippen MR) is 99.1 cm³/mol. The van der Waals surface area contributed by atoms with Crippen molar-refractivity contribution in [1.29, 1.82) is 0 Å². The standard InChI is InChI=1S/C18H23ClN2O6/c1-4-27-18(24)11-5-7-21(8-6-11)17(23)16(22)20-13-10-14(25-2)12(19)9-15(13)26-3/h9-11H,4-8H2,1-3H3,(H,20,22). The van der Waals surface area contributed by atoms with E-state index in [2.05, 4.69) is 5.32 Å². The first-order chi connectivity index (χ1) is 12.9. The summed E-state index contributed by atoms with van der Waals surface area (Å²) < 4.78 is 15.3. The van der Waals surface area contributed by atoms with Gasteiger partial charge in [0.1, 0.15) is 11.5 Å². The number of amides is 2. The van der Waals surface area contributed by atoms with E-state index in [1.165, 1.54) is 31.3 Å². The van der Waals surface area contributed by atoms with E-state index in [0.29, 0.717) is 49.1 Å². The summed E-state index contributed by atoms with van der Waals surface area (Å²) in [6, 6.07) is 2.98. The lowest BCUT2D eigenvalue weighted by Gasteiger charge is -2.30. The van der Waals surface area contributed by atoms with Gasteiger partial charge in [-0.15, -0.1) is 0 Å². The number of esters is 1. The molecule has 0 atom stereocenters. The molecule has 9 heteroatoms. The van der Waals surface area contributed by atoms with E-state index < -0.39 is 11.8 Å². The number of carbonyl (C=O) groups is 3. The minimum atomic E-state index is -0.799. The van der Waals surface area contributed by atoms with E-state index in [1.807, 2.05) is 0 Å². The van der Waals surface area contributed by atoms with Crippen LogP contribution in [0.3, 0.4) is 0 Å². The van der Waals surface area contributed by atoms with Crippen LogP contribution in [0.4, 0.5) is 5.69 Å². The van der Waals surface area contributed by atoms with Crippen molar-refractivity contribution in [3.05, 3.63) is 17.2 Å². The highest BCUT2D eigenvalue weighted by molar-refractivity contribution is 6.40. The maximum absolute atomic E-state index is 12.4. The zero-order chi connectivity index (χ0) is 20.0. The maximum Gasteiger partial charge on any atom is 0.314 e. The number of hydrogen-bond acceptors (Lipinski definition) is 6. The molecule has 1 saturated heterocycles. The summed E-state index contributed by atoms with van der Waals surface area (Å²) in [5.74, 6) is -1.32. The Morgan fingerprint density at radius 2 is 1.78 bits per heavy atom. The van der Waals surface area contributed by atoms with Gasteiger partial charge in [-0.2, -0.15) is 0 Å². The topological polar surface area (TPSA) is 94.2 Å². The van der Waals surface area contributed by atoms with Crippen molar-refractivity contribution in [3.63, 3.8) is 0 Å². The molecule has 2 amide bonds. The first-order valence-corrected chi connectivity index (χ1v) is 8.97. The minimum Gasteiger partial charge on any atom is -0.495 e. The molecule has 0 aliphatic carbocycles. The van der Waals surface area contributed by atoms with Crippen LogP contribution in [0.15, 0.2) is 12.1 Å². The zero-order valence-electron chi connectivity index (χ0n) is 15.5. The fraction of sp³-hybridized carbons (Fsp3) is 0.500. The van der Waals surface area contributed by atoms with Crippen molar-refractivity contribution < 1.29 is 28.6 Å². The molecular formula is C18H23ClN2O6. The lowest BCUT2D eigenvalue weighted by atomic mass is 9.97. The predicted octanol–water partition coefficient (Wildman–Crippen LogP) is 2.10. The summed E-state index contributed by atoms with van der Waals surface area (Å²) in [4.78, 5) is 38.0. The van der Waals surface area contributed by atoms with Gasteiger partial charge in [-0.25, -0.2) is 0 Å². The molecule has 1 aliphatic heterocycles. The average molecular weight is 399 g/mol. The number of hydrogen-bond donors (Lipinski definition) is 1. The van der Waals surface area contributed by atoms with Crippen molar-refractivity contribution in [2.24, 2.45) is 5.92 Å². The van der Waals surface area contributed by atoms with Crippen molar-refractivity contribution >= 4 is 35.1 Å². The molecule has 27 heavy (non-hydrogen) atoms. The highest BCUT2D eigenvalue weighted by Gasteiger charge is 2.31. The summed E-state index contributed by atoms with van der Waals surface area (Å²) in [5, 5.41) is 2.85. The Balaban J connectivity index is 2.01. The van der Waals surface area contributed by atoms with Crippen LogP contribution in [-0.2, 0) is 19.1 Å². The van der Waals surface area contributed by atoms with Gasteiger partial charge in [0.15, 0.2) is 0 Å². The number of carbonyl (C=O) groups excluding carboxylic acids is 3. The molecule has 1 aliphatic rings. The van der Waals surface area contributed by atoms with Gasteiger partial charge in [0.25, 0.3) is 0 Å². The fourth-order valence-corrected chi connectivity index (χ4v) is 3.09. The third-order valence-electron chi connectivity index (χ3n) is 4.32. The SMILES string of the molecule is CCOC(=O)C1CCN(C(=O)C(=O)Nc2cc(OC)c(Cl)cc2OC)CC1. The second kappa shape index (κ2) is 9.45. The van der Waals surface area contributed by atoms with E-state index in [4.69, 9.17) is 25.8 Å². The van der Waals surface area contributed by atoms with E-state index in [0.717, 1.165) is 0 Å². The number of nitrogens with zero attached hydrogens (tertiary/aromatic N) is 1. The van der Waals surface area contributed by atoms with Gasteiger partial charge in [-0.05, 0) is 19.8 Å². The Labute approximate surface area is 162 Å². The highest BCUT2D eigenvalue weighted by Crippen LogP contribution is 2.35. The monoisotopic (exact) mass is 398 g/mol. The van der Waals surface area contributed by atoms with E-state index in [9.17, 15) is 14.4 Å². The Bertz CT molecular complexity index is 716. The molecule has 1 heterocycles. The first-order valence-electron chi connectivity index (χ1n) is 8.59. The fourth-order valence-electron chi connectivity index (χ4n) is 2.86. The maximum atomic E-state index is 12.4. The third kappa shape index (κ3) is 5.03. The Morgan fingerprint density at radius 1 is 1.15 bits per heavy atom. The Hall–Kier alpha value is -2.48. The number of likely N-dealkylation sites (tertiary alicyclic amines) is 1. The number of halogens is 1. The van der Waals surface area contributed by atoms with Crippen molar-refractivity contribution in [3.8, 4) is 11.5 Å². The number of piperidine rings is 1. The molecule has 2 rings (SSSR count). The van der Waals surface area contributed by atoms with Gasteiger partial charge in [-0.1, -0.05) is 11.6 Å². The van der Waals surface area contributed by atoms with Crippen LogP contribution in [0.1, 0.15) is 19.8 Å². The zero-order valence-corrected chi connectivity index (χ0v) is 16.3. The Morgan fingerprint density at radius 3 is 2.33 bits per heavy atom. The van der Waals surface area contributed by atoms with Crippen LogP contribution in [0, 0.1) is 5.92 Å². The highest BCUT2D eigenvalue weighted by atomic mass is 35.5. The van der Waals surface area contributed by atoms with Crippen molar-refractivity contribution in [1.82, 2.24) is 4.90 Å². The average Bonchev–Trinajstić information content (AvgIpc) is 2.68. The largest absolute Gasteiger partial charge is 0.495 e. The molecule has 148 valence electrons. The number of nitrogens with one attached hydrogen (secondary N) is 1. The van der Waals surface area contributed by atoms with Crippen LogP contribution in [0.5, 0.6) is 11.5 Å². The van der Waals surface area contributed by atoms with Crippen molar-refractivity contribution in [2.45, 2.75) is 19.8 Å². The second-order valence-electron chi connectivity index (χ2n) is 5.96. The summed E-state index contributed by atoms with van der Waals surface area (Å²) in [5.41, 5.74) is 0.276. The number of ether oxygens (including phenoxy) is 3. The molecule has 1 aromatic rings. The molecule has 0 radical (unpaired) electrons. The third-order valence-corrected chi connectivity index (χ3v) is 4.61. The van der Waals surface area contributed by atoms with Gasteiger partial charge in [0.2, 0.25) is 0 Å². The van der Waals surface area contributed by atoms with Crippen LogP contribution >= 0.6 is 11.6 Å². The summed E-state index contributed by atoms with van der Waals surface area (Å²) in [6.07, 6.45) is 0.936. The number of rotatable bonds is 5. The van der Waals surface area contributed by atoms with Gasteiger partial charge in [-0.3, -0.25) is 14.4 Å². The Kier molecular flexibility index (Phi) is 7.29. The van der Waals surface area contributed by atoms with Crippen LogP contribution in [-0.4, -0.2) is 56.6 Å². The normalized spacial score (nSPS) is 14.4. The summed E-state index contributed by atoms with van der Waals surface area (Å²) in [6.45, 7) is 2.71. The molecule has 0 spiro atoms. The van der Waals surface area contributed by atoms with Crippen LogP contribution in [0.25, 0.3) is 0 Å². The van der Waals surface area contributed by atoms with Crippen LogP contribution in [0.2, 0.25) is 5.02 Å². The molecule has 0 aromatic heterocycles. The van der Waals surface area contributed by atoms with Gasteiger partial charge in [0.05, 0.1) is 37.5 Å². The van der Waals surface area contributed by atoms with E-state index in [1.54, 1.807) is 6.92 Å². The second-order valence-corrected chi connectivity index (χ2v) is 6.37. The first kappa shape index (κ1) is 20.8. The lowest BCUT2D eigenvalue weighted by Crippen LogP contribution is -2.45. The summed E-state index contributed by atoms with van der Waals surface area (Å²) >= 11 is 6.03. The number of methoxy groups -OCH3 is 2. The molecule has 8 nitrogen and oxygen atoms in total. The quantitative estimate of drug-likeness (QED) is 0.603.